The van der Waals surface area contributed by atoms with Crippen LogP contribution in [0.5, 0.6) is 0 Å². The molecule has 2 heterocycles. The van der Waals surface area contributed by atoms with Crippen LogP contribution in [0.4, 0.5) is 26.2 Å². The lowest BCUT2D eigenvalue weighted by Gasteiger charge is -2.14. The van der Waals surface area contributed by atoms with Gasteiger partial charge in [-0.2, -0.15) is 4.98 Å². The summed E-state index contributed by atoms with van der Waals surface area (Å²) in [5.74, 6) is -1.46. The topological polar surface area (TPSA) is 83.0 Å². The van der Waals surface area contributed by atoms with E-state index in [1.165, 1.54) is 12.1 Å². The van der Waals surface area contributed by atoms with E-state index in [9.17, 15) is 13.9 Å². The third-order valence-corrected chi connectivity index (χ3v) is 3.52. The lowest BCUT2D eigenvalue weighted by atomic mass is 10.2. The minimum Gasteiger partial charge on any atom is -0.394 e. The summed E-state index contributed by atoms with van der Waals surface area (Å²) in [6.07, 6.45) is 1.63. The van der Waals surface area contributed by atoms with Crippen molar-refractivity contribution in [3.63, 3.8) is 0 Å². The van der Waals surface area contributed by atoms with Crippen LogP contribution in [0.3, 0.4) is 0 Å². The monoisotopic (exact) mass is 357 g/mol. The van der Waals surface area contributed by atoms with Crippen molar-refractivity contribution in [1.29, 1.82) is 0 Å². The molecule has 0 aliphatic rings. The first-order chi connectivity index (χ1) is 12.6. The Hall–Kier alpha value is -3.13. The molecule has 0 radical (unpaired) electrons. The largest absolute Gasteiger partial charge is 0.394 e. The number of hydrogen-bond donors (Lipinski definition) is 3. The molecule has 0 spiro atoms. The number of pyridine rings is 1. The highest BCUT2D eigenvalue weighted by Crippen LogP contribution is 2.24. The Bertz CT molecular complexity index is 892. The minimum absolute atomic E-state index is 0.0446. The summed E-state index contributed by atoms with van der Waals surface area (Å²) < 4.78 is 27.4. The van der Waals surface area contributed by atoms with Gasteiger partial charge < -0.3 is 15.7 Å². The molecule has 0 saturated carbocycles. The molecule has 134 valence electrons. The Morgan fingerprint density at radius 1 is 1.08 bits per heavy atom. The minimum atomic E-state index is -0.997. The number of aliphatic hydroxyl groups excluding tert-OH is 1. The van der Waals surface area contributed by atoms with E-state index in [0.717, 1.165) is 6.07 Å². The Morgan fingerprint density at radius 2 is 1.92 bits per heavy atom. The molecule has 0 aliphatic carbocycles. The molecule has 6 nitrogen and oxygen atoms in total. The molecule has 0 saturated heterocycles. The first kappa shape index (κ1) is 17.7. The molecule has 2 aromatic heterocycles. The van der Waals surface area contributed by atoms with Crippen molar-refractivity contribution in [2.45, 2.75) is 13.0 Å². The van der Waals surface area contributed by atoms with Gasteiger partial charge in [0.15, 0.2) is 11.6 Å². The molecule has 0 amide bonds. The number of rotatable bonds is 6. The number of aromatic nitrogens is 3. The lowest BCUT2D eigenvalue weighted by molar-refractivity contribution is 0.281. The van der Waals surface area contributed by atoms with E-state index in [4.69, 9.17) is 0 Å². The highest BCUT2D eigenvalue weighted by molar-refractivity contribution is 5.65. The van der Waals surface area contributed by atoms with Gasteiger partial charge in [0.2, 0.25) is 5.95 Å². The number of hydrogen-bond acceptors (Lipinski definition) is 6. The number of nitrogens with one attached hydrogen (secondary N) is 2. The fraction of sp³-hybridized carbons (Fsp3) is 0.167. The van der Waals surface area contributed by atoms with Gasteiger partial charge in [0, 0.05) is 18.3 Å². The van der Waals surface area contributed by atoms with E-state index >= 15 is 0 Å². The van der Waals surface area contributed by atoms with Crippen LogP contribution in [0, 0.1) is 11.6 Å². The van der Waals surface area contributed by atoms with Crippen molar-refractivity contribution < 1.29 is 13.9 Å². The fourth-order valence-corrected chi connectivity index (χ4v) is 2.23. The Kier molecular flexibility index (Phi) is 5.33. The molecule has 0 unspecified atom stereocenters. The van der Waals surface area contributed by atoms with Gasteiger partial charge in [-0.05, 0) is 31.2 Å². The highest BCUT2D eigenvalue weighted by Gasteiger charge is 2.12. The molecule has 0 fully saturated rings. The van der Waals surface area contributed by atoms with Crippen molar-refractivity contribution in [3.05, 3.63) is 60.3 Å². The lowest BCUT2D eigenvalue weighted by Crippen LogP contribution is -2.21. The molecule has 0 bridgehead atoms. The summed E-state index contributed by atoms with van der Waals surface area (Å²) in [5.41, 5.74) is 1.04. The van der Waals surface area contributed by atoms with E-state index in [2.05, 4.69) is 25.6 Å². The molecule has 26 heavy (non-hydrogen) atoms. The van der Waals surface area contributed by atoms with Crippen molar-refractivity contribution in [3.8, 4) is 11.4 Å². The summed E-state index contributed by atoms with van der Waals surface area (Å²) >= 11 is 0. The zero-order valence-electron chi connectivity index (χ0n) is 13.9. The van der Waals surface area contributed by atoms with Gasteiger partial charge in [0.05, 0.1) is 23.7 Å². The van der Waals surface area contributed by atoms with Crippen LogP contribution in [0.1, 0.15) is 6.92 Å². The first-order valence-electron chi connectivity index (χ1n) is 7.95. The van der Waals surface area contributed by atoms with Crippen LogP contribution in [-0.2, 0) is 0 Å². The van der Waals surface area contributed by atoms with E-state index in [0.29, 0.717) is 11.4 Å². The second kappa shape index (κ2) is 7.83. The average molecular weight is 357 g/mol. The standard InChI is InChI=1S/C18H17F2N5O/c1-11(10-26)22-18-24-15(13-6-2-3-8-21-13)9-16(25-18)23-14-7-4-5-12(19)17(14)20/h2-9,11,26H,10H2,1H3,(H2,22,23,24,25)/t11-/m0/s1. The Balaban J connectivity index is 2.00. The van der Waals surface area contributed by atoms with Gasteiger partial charge in [-0.3, -0.25) is 4.98 Å². The molecule has 3 N–H and O–H groups in total. The van der Waals surface area contributed by atoms with Crippen LogP contribution in [0.25, 0.3) is 11.4 Å². The van der Waals surface area contributed by atoms with Gasteiger partial charge in [-0.25, -0.2) is 13.8 Å². The highest BCUT2D eigenvalue weighted by atomic mass is 19.2. The maximum Gasteiger partial charge on any atom is 0.225 e. The average Bonchev–Trinajstić information content (AvgIpc) is 2.66. The number of aliphatic hydroxyl groups is 1. The van der Waals surface area contributed by atoms with Gasteiger partial charge in [0.1, 0.15) is 5.82 Å². The van der Waals surface area contributed by atoms with Crippen molar-refractivity contribution in [2.75, 3.05) is 17.2 Å². The van der Waals surface area contributed by atoms with E-state index in [-0.39, 0.29) is 30.1 Å². The third-order valence-electron chi connectivity index (χ3n) is 3.52. The molecule has 8 heteroatoms. The SMILES string of the molecule is C[C@@H](CO)Nc1nc(Nc2cccc(F)c2F)cc(-c2ccccn2)n1. The number of halogens is 2. The van der Waals surface area contributed by atoms with Gasteiger partial charge in [-0.1, -0.05) is 12.1 Å². The third kappa shape index (κ3) is 4.09. The molecule has 3 aromatic rings. The van der Waals surface area contributed by atoms with Crippen LogP contribution >= 0.6 is 0 Å². The van der Waals surface area contributed by atoms with Crippen LogP contribution in [-0.4, -0.2) is 32.7 Å². The number of nitrogens with zero attached hydrogens (tertiary/aromatic N) is 3. The molecular formula is C18H17F2N5O. The zero-order valence-corrected chi connectivity index (χ0v) is 13.9. The normalized spacial score (nSPS) is 11.8. The van der Waals surface area contributed by atoms with Crippen LogP contribution < -0.4 is 10.6 Å². The van der Waals surface area contributed by atoms with Gasteiger partial charge in [-0.15, -0.1) is 0 Å². The predicted octanol–water partition coefficient (Wildman–Crippen LogP) is 3.35. The summed E-state index contributed by atoms with van der Waals surface area (Å²) in [5, 5.41) is 14.9. The zero-order chi connectivity index (χ0) is 18.5. The molecular weight excluding hydrogens is 340 g/mol. The quantitative estimate of drug-likeness (QED) is 0.628. The molecule has 1 aromatic carbocycles. The summed E-state index contributed by atoms with van der Waals surface area (Å²) in [7, 11) is 0. The summed E-state index contributed by atoms with van der Waals surface area (Å²) in [4.78, 5) is 12.9. The maximum atomic E-state index is 13.9. The van der Waals surface area contributed by atoms with Crippen LogP contribution in [0.15, 0.2) is 48.7 Å². The van der Waals surface area contributed by atoms with Gasteiger partial charge in [0.25, 0.3) is 0 Å². The first-order valence-corrected chi connectivity index (χ1v) is 7.95. The Morgan fingerprint density at radius 3 is 2.65 bits per heavy atom. The van der Waals surface area contributed by atoms with E-state index in [1.54, 1.807) is 31.3 Å². The number of anilines is 3. The predicted molar refractivity (Wildman–Crippen MR) is 95.1 cm³/mol. The van der Waals surface area contributed by atoms with Crippen molar-refractivity contribution >= 4 is 17.5 Å². The van der Waals surface area contributed by atoms with Gasteiger partial charge >= 0.3 is 0 Å². The van der Waals surface area contributed by atoms with E-state index in [1.807, 2.05) is 6.07 Å². The molecule has 1 atom stereocenters. The van der Waals surface area contributed by atoms with Crippen molar-refractivity contribution in [2.24, 2.45) is 0 Å². The van der Waals surface area contributed by atoms with E-state index < -0.39 is 11.6 Å². The summed E-state index contributed by atoms with van der Waals surface area (Å²) in [6.45, 7) is 1.65. The molecule has 3 rings (SSSR count). The second-order valence-corrected chi connectivity index (χ2v) is 5.63. The Labute approximate surface area is 149 Å². The second-order valence-electron chi connectivity index (χ2n) is 5.63. The molecule has 0 aliphatic heterocycles. The fourth-order valence-electron chi connectivity index (χ4n) is 2.23. The van der Waals surface area contributed by atoms with Crippen LogP contribution in [0.2, 0.25) is 0 Å². The number of benzene rings is 1. The maximum absolute atomic E-state index is 13.9. The van der Waals surface area contributed by atoms with Crippen molar-refractivity contribution in [1.82, 2.24) is 15.0 Å². The smallest absolute Gasteiger partial charge is 0.225 e. The summed E-state index contributed by atoms with van der Waals surface area (Å²) in [6, 6.07) is 10.5.